The summed E-state index contributed by atoms with van der Waals surface area (Å²) in [4.78, 5) is 10.4. The SMILES string of the molecule is Cl.N[C@H]1CCCC1=O. The first-order chi connectivity index (χ1) is 3.30. The zero-order valence-corrected chi connectivity index (χ0v) is 5.41. The Morgan fingerprint density at radius 2 is 2.25 bits per heavy atom. The third-order valence-electron chi connectivity index (χ3n) is 1.35. The Bertz CT molecular complexity index is 94.4. The number of halogens is 1. The molecule has 2 N–H and O–H groups in total. The van der Waals surface area contributed by atoms with Crippen molar-refractivity contribution in [3.05, 3.63) is 0 Å². The van der Waals surface area contributed by atoms with Crippen molar-refractivity contribution >= 4 is 18.2 Å². The van der Waals surface area contributed by atoms with E-state index in [4.69, 9.17) is 5.73 Å². The standard InChI is InChI=1S/C5H9NO.ClH/c6-4-2-1-3-5(4)7;/h4H,1-3,6H2;1H/t4-;/m0./s1. The minimum Gasteiger partial charge on any atom is -0.322 e. The molecule has 0 heterocycles. The molecule has 0 bridgehead atoms. The van der Waals surface area contributed by atoms with E-state index in [9.17, 15) is 4.79 Å². The number of rotatable bonds is 0. The average Bonchev–Trinajstić information content (AvgIpc) is 1.91. The molecule has 8 heavy (non-hydrogen) atoms. The molecule has 1 aliphatic carbocycles. The first-order valence-electron chi connectivity index (χ1n) is 2.59. The Labute approximate surface area is 54.8 Å². The average molecular weight is 136 g/mol. The third kappa shape index (κ3) is 1.46. The number of ketones is 1. The highest BCUT2D eigenvalue weighted by molar-refractivity contribution is 5.85. The number of carbonyl (C=O) groups excluding carboxylic acids is 1. The molecule has 1 rings (SSSR count). The molecule has 0 aliphatic heterocycles. The quantitative estimate of drug-likeness (QED) is 0.525. The lowest BCUT2D eigenvalue weighted by Crippen LogP contribution is -2.23. The molecule has 0 aromatic heterocycles. The van der Waals surface area contributed by atoms with E-state index < -0.39 is 0 Å². The topological polar surface area (TPSA) is 43.1 Å². The van der Waals surface area contributed by atoms with Gasteiger partial charge in [0.25, 0.3) is 0 Å². The van der Waals surface area contributed by atoms with Crippen LogP contribution in [0.25, 0.3) is 0 Å². The summed E-state index contributed by atoms with van der Waals surface area (Å²) in [6.45, 7) is 0. The minimum absolute atomic E-state index is 0. The van der Waals surface area contributed by atoms with Gasteiger partial charge < -0.3 is 5.73 Å². The normalized spacial score (nSPS) is 27.6. The molecule has 0 saturated heterocycles. The van der Waals surface area contributed by atoms with E-state index in [1.807, 2.05) is 0 Å². The van der Waals surface area contributed by atoms with Gasteiger partial charge in [0, 0.05) is 6.42 Å². The molecule has 2 nitrogen and oxygen atoms in total. The Hall–Kier alpha value is -0.0800. The molecule has 0 amide bonds. The van der Waals surface area contributed by atoms with Crippen LogP contribution in [-0.2, 0) is 4.79 Å². The number of hydrogen-bond acceptors (Lipinski definition) is 2. The smallest absolute Gasteiger partial charge is 0.149 e. The van der Waals surface area contributed by atoms with Gasteiger partial charge in [-0.05, 0) is 12.8 Å². The molecular formula is C5H10ClNO. The van der Waals surface area contributed by atoms with Gasteiger partial charge in [-0.1, -0.05) is 0 Å². The molecule has 1 aliphatic rings. The summed E-state index contributed by atoms with van der Waals surface area (Å²) in [5, 5.41) is 0. The van der Waals surface area contributed by atoms with Gasteiger partial charge in [-0.3, -0.25) is 4.79 Å². The van der Waals surface area contributed by atoms with E-state index in [2.05, 4.69) is 0 Å². The highest BCUT2D eigenvalue weighted by Crippen LogP contribution is 2.10. The monoisotopic (exact) mass is 135 g/mol. The Kier molecular flexibility index (Phi) is 3.02. The minimum atomic E-state index is -0.125. The first-order valence-corrected chi connectivity index (χ1v) is 2.59. The van der Waals surface area contributed by atoms with E-state index in [-0.39, 0.29) is 24.2 Å². The summed E-state index contributed by atoms with van der Waals surface area (Å²) >= 11 is 0. The highest BCUT2D eigenvalue weighted by Gasteiger charge is 2.18. The van der Waals surface area contributed by atoms with Crippen LogP contribution in [0.4, 0.5) is 0 Å². The fraction of sp³-hybridized carbons (Fsp3) is 0.800. The maximum Gasteiger partial charge on any atom is 0.149 e. The summed E-state index contributed by atoms with van der Waals surface area (Å²) in [6.07, 6.45) is 2.61. The number of Topliss-reactive ketones (excluding diaryl/α,β-unsaturated/α-hetero) is 1. The van der Waals surface area contributed by atoms with Crippen LogP contribution in [0.5, 0.6) is 0 Å². The van der Waals surface area contributed by atoms with Crippen LogP contribution in [0.15, 0.2) is 0 Å². The summed E-state index contributed by atoms with van der Waals surface area (Å²) in [6, 6.07) is -0.125. The molecule has 1 fully saturated rings. The number of carbonyl (C=O) groups is 1. The largest absolute Gasteiger partial charge is 0.322 e. The summed E-state index contributed by atoms with van der Waals surface area (Å²) in [7, 11) is 0. The summed E-state index contributed by atoms with van der Waals surface area (Å²) in [5.74, 6) is 0.236. The highest BCUT2D eigenvalue weighted by atomic mass is 35.5. The predicted octanol–water partition coefficient (Wildman–Crippen LogP) is 0.488. The fourth-order valence-corrected chi connectivity index (χ4v) is 0.843. The molecule has 48 valence electrons. The third-order valence-corrected chi connectivity index (χ3v) is 1.35. The van der Waals surface area contributed by atoms with Crippen molar-refractivity contribution in [1.82, 2.24) is 0 Å². The lowest BCUT2D eigenvalue weighted by molar-refractivity contribution is -0.118. The van der Waals surface area contributed by atoms with Crippen LogP contribution in [0.2, 0.25) is 0 Å². The molecule has 0 spiro atoms. The second kappa shape index (κ2) is 3.05. The first kappa shape index (κ1) is 7.92. The van der Waals surface area contributed by atoms with E-state index >= 15 is 0 Å². The summed E-state index contributed by atoms with van der Waals surface area (Å²) in [5.41, 5.74) is 5.33. The van der Waals surface area contributed by atoms with E-state index in [0.29, 0.717) is 6.42 Å². The lowest BCUT2D eigenvalue weighted by atomic mass is 10.3. The van der Waals surface area contributed by atoms with Crippen molar-refractivity contribution < 1.29 is 4.79 Å². The lowest BCUT2D eigenvalue weighted by Gasteiger charge is -1.92. The second-order valence-corrected chi connectivity index (χ2v) is 1.97. The predicted molar refractivity (Wildman–Crippen MR) is 34.1 cm³/mol. The molecular weight excluding hydrogens is 126 g/mol. The van der Waals surface area contributed by atoms with Crippen LogP contribution >= 0.6 is 12.4 Å². The molecule has 0 aromatic carbocycles. The van der Waals surface area contributed by atoms with Crippen LogP contribution in [0.1, 0.15) is 19.3 Å². The molecule has 1 saturated carbocycles. The van der Waals surface area contributed by atoms with Gasteiger partial charge in [0.2, 0.25) is 0 Å². The molecule has 0 radical (unpaired) electrons. The van der Waals surface area contributed by atoms with Crippen molar-refractivity contribution in [1.29, 1.82) is 0 Å². The number of hydrogen-bond donors (Lipinski definition) is 1. The van der Waals surface area contributed by atoms with E-state index in [0.717, 1.165) is 12.8 Å². The van der Waals surface area contributed by atoms with Crippen molar-refractivity contribution in [3.63, 3.8) is 0 Å². The van der Waals surface area contributed by atoms with Gasteiger partial charge in [-0.25, -0.2) is 0 Å². The zero-order chi connectivity index (χ0) is 5.28. The zero-order valence-electron chi connectivity index (χ0n) is 4.59. The fourth-order valence-electron chi connectivity index (χ4n) is 0.843. The van der Waals surface area contributed by atoms with Crippen molar-refractivity contribution in [2.45, 2.75) is 25.3 Å². The van der Waals surface area contributed by atoms with Gasteiger partial charge in [0.05, 0.1) is 6.04 Å². The van der Waals surface area contributed by atoms with Crippen LogP contribution in [0.3, 0.4) is 0 Å². The summed E-state index contributed by atoms with van der Waals surface area (Å²) < 4.78 is 0. The molecule has 1 atom stereocenters. The molecule has 0 aromatic rings. The van der Waals surface area contributed by atoms with Crippen LogP contribution in [-0.4, -0.2) is 11.8 Å². The second-order valence-electron chi connectivity index (χ2n) is 1.97. The van der Waals surface area contributed by atoms with E-state index in [1.165, 1.54) is 0 Å². The Morgan fingerprint density at radius 3 is 2.38 bits per heavy atom. The van der Waals surface area contributed by atoms with Crippen molar-refractivity contribution in [2.24, 2.45) is 5.73 Å². The van der Waals surface area contributed by atoms with Crippen LogP contribution < -0.4 is 5.73 Å². The van der Waals surface area contributed by atoms with Crippen LogP contribution in [0, 0.1) is 0 Å². The molecule has 0 unspecified atom stereocenters. The maximum atomic E-state index is 10.4. The van der Waals surface area contributed by atoms with Gasteiger partial charge >= 0.3 is 0 Å². The van der Waals surface area contributed by atoms with Gasteiger partial charge in [0.15, 0.2) is 0 Å². The maximum absolute atomic E-state index is 10.4. The van der Waals surface area contributed by atoms with E-state index in [1.54, 1.807) is 0 Å². The van der Waals surface area contributed by atoms with Gasteiger partial charge in [-0.15, -0.1) is 12.4 Å². The number of nitrogens with two attached hydrogens (primary N) is 1. The van der Waals surface area contributed by atoms with Crippen molar-refractivity contribution in [3.8, 4) is 0 Å². The van der Waals surface area contributed by atoms with Crippen molar-refractivity contribution in [2.75, 3.05) is 0 Å². The Morgan fingerprint density at radius 1 is 1.62 bits per heavy atom. The van der Waals surface area contributed by atoms with Gasteiger partial charge in [-0.2, -0.15) is 0 Å². The molecule has 3 heteroatoms. The van der Waals surface area contributed by atoms with Gasteiger partial charge in [0.1, 0.15) is 5.78 Å². The Balaban J connectivity index is 0.000000490.